The van der Waals surface area contributed by atoms with E-state index in [1.54, 1.807) is 6.33 Å². The van der Waals surface area contributed by atoms with Gasteiger partial charge in [-0.1, -0.05) is 0 Å². The van der Waals surface area contributed by atoms with E-state index in [-0.39, 0.29) is 6.23 Å². The number of aromatic nitrogens is 3. The first kappa shape index (κ1) is 7.73. The molecule has 0 aliphatic carbocycles. The van der Waals surface area contributed by atoms with Gasteiger partial charge in [0.15, 0.2) is 6.23 Å². The van der Waals surface area contributed by atoms with E-state index in [4.69, 9.17) is 4.74 Å². The number of nitrogens with zero attached hydrogens (tertiary/aromatic N) is 3. The smallest absolute Gasteiger partial charge is 0.151 e. The van der Waals surface area contributed by atoms with Gasteiger partial charge in [0.1, 0.15) is 12.2 Å². The first-order valence-electron chi connectivity index (χ1n) is 4.35. The Morgan fingerprint density at radius 3 is 3.08 bits per heavy atom. The van der Waals surface area contributed by atoms with Crippen molar-refractivity contribution in [2.24, 2.45) is 0 Å². The fourth-order valence-electron chi connectivity index (χ4n) is 1.43. The van der Waals surface area contributed by atoms with Crippen LogP contribution in [0.3, 0.4) is 0 Å². The zero-order chi connectivity index (χ0) is 8.39. The molecule has 1 saturated heterocycles. The predicted molar refractivity (Wildman–Crippen MR) is 43.6 cm³/mol. The molecule has 1 atom stereocenters. The molecule has 2 heterocycles. The molecule has 1 aromatic heterocycles. The van der Waals surface area contributed by atoms with Gasteiger partial charge in [-0.15, -0.1) is 0 Å². The quantitative estimate of drug-likeness (QED) is 0.632. The lowest BCUT2D eigenvalue weighted by Crippen LogP contribution is -2.18. The zero-order valence-corrected chi connectivity index (χ0v) is 7.23. The summed E-state index contributed by atoms with van der Waals surface area (Å²) in [6.45, 7) is 2.74. The molecule has 66 valence electrons. The predicted octanol–water partition coefficient (Wildman–Crippen LogP) is 1.29. The van der Waals surface area contributed by atoms with Crippen molar-refractivity contribution in [2.45, 2.75) is 32.4 Å². The van der Waals surface area contributed by atoms with E-state index in [0.717, 1.165) is 18.9 Å². The third-order valence-electron chi connectivity index (χ3n) is 2.07. The molecule has 0 N–H and O–H groups in total. The van der Waals surface area contributed by atoms with Gasteiger partial charge in [-0.3, -0.25) is 0 Å². The van der Waals surface area contributed by atoms with E-state index in [9.17, 15) is 0 Å². The van der Waals surface area contributed by atoms with Crippen molar-refractivity contribution in [3.05, 3.63) is 12.2 Å². The second-order valence-corrected chi connectivity index (χ2v) is 3.09. The average molecular weight is 167 g/mol. The van der Waals surface area contributed by atoms with Crippen molar-refractivity contribution in [3.8, 4) is 0 Å². The summed E-state index contributed by atoms with van der Waals surface area (Å²) < 4.78 is 7.35. The number of ether oxygens (including phenoxy) is 1. The molecule has 12 heavy (non-hydrogen) atoms. The molecule has 1 unspecified atom stereocenters. The maximum Gasteiger partial charge on any atom is 0.151 e. The molecule has 0 radical (unpaired) electrons. The highest BCUT2D eigenvalue weighted by atomic mass is 16.5. The van der Waals surface area contributed by atoms with E-state index in [0.29, 0.717) is 0 Å². The van der Waals surface area contributed by atoms with Crippen LogP contribution >= 0.6 is 0 Å². The van der Waals surface area contributed by atoms with Gasteiger partial charge in [-0.25, -0.2) is 9.67 Å². The maximum absolute atomic E-state index is 5.54. The molecule has 1 aliphatic rings. The van der Waals surface area contributed by atoms with Gasteiger partial charge >= 0.3 is 0 Å². The highest BCUT2D eigenvalue weighted by Crippen LogP contribution is 2.20. The SMILES string of the molecule is Cc1ncn(C2CCCCO2)n1. The standard InChI is InChI=1S/C8H13N3O/c1-7-9-6-11(10-7)8-4-2-3-5-12-8/h6,8H,2-5H2,1H3. The highest BCUT2D eigenvalue weighted by Gasteiger charge is 2.15. The summed E-state index contributed by atoms with van der Waals surface area (Å²) in [7, 11) is 0. The van der Waals surface area contributed by atoms with Gasteiger partial charge in [0.05, 0.1) is 0 Å². The molecule has 1 fully saturated rings. The molecule has 1 aromatic rings. The Hall–Kier alpha value is -0.900. The van der Waals surface area contributed by atoms with Crippen LogP contribution in [0.2, 0.25) is 0 Å². The molecule has 0 amide bonds. The summed E-state index contributed by atoms with van der Waals surface area (Å²) in [6.07, 6.45) is 5.32. The molecular weight excluding hydrogens is 154 g/mol. The van der Waals surface area contributed by atoms with Crippen LogP contribution in [0.5, 0.6) is 0 Å². The third kappa shape index (κ3) is 1.48. The van der Waals surface area contributed by atoms with Crippen molar-refractivity contribution >= 4 is 0 Å². The monoisotopic (exact) mass is 167 g/mol. The van der Waals surface area contributed by atoms with Crippen molar-refractivity contribution in [1.29, 1.82) is 0 Å². The summed E-state index contributed by atoms with van der Waals surface area (Å²) in [4.78, 5) is 4.06. The van der Waals surface area contributed by atoms with Crippen molar-refractivity contribution in [1.82, 2.24) is 14.8 Å². The number of rotatable bonds is 1. The molecule has 0 bridgehead atoms. The van der Waals surface area contributed by atoms with Crippen LogP contribution in [0.25, 0.3) is 0 Å². The van der Waals surface area contributed by atoms with Crippen molar-refractivity contribution in [3.63, 3.8) is 0 Å². The van der Waals surface area contributed by atoms with Crippen molar-refractivity contribution < 1.29 is 4.74 Å². The molecule has 0 spiro atoms. The van der Waals surface area contributed by atoms with Crippen LogP contribution in [-0.4, -0.2) is 21.4 Å². The van der Waals surface area contributed by atoms with Crippen LogP contribution < -0.4 is 0 Å². The summed E-state index contributed by atoms with van der Waals surface area (Å²) in [5.41, 5.74) is 0. The molecule has 4 heteroatoms. The first-order chi connectivity index (χ1) is 5.86. The average Bonchev–Trinajstić information content (AvgIpc) is 2.54. The van der Waals surface area contributed by atoms with Crippen LogP contribution in [0.1, 0.15) is 31.3 Å². The molecule has 0 aromatic carbocycles. The lowest BCUT2D eigenvalue weighted by atomic mass is 10.2. The molecule has 2 rings (SSSR count). The normalized spacial score (nSPS) is 24.2. The lowest BCUT2D eigenvalue weighted by Gasteiger charge is -2.21. The largest absolute Gasteiger partial charge is 0.356 e. The van der Waals surface area contributed by atoms with E-state index in [1.807, 2.05) is 11.6 Å². The number of hydrogen-bond donors (Lipinski definition) is 0. The van der Waals surface area contributed by atoms with E-state index in [1.165, 1.54) is 12.8 Å². The second kappa shape index (κ2) is 3.23. The Bertz CT molecular complexity index is 253. The Labute approximate surface area is 71.6 Å². The highest BCUT2D eigenvalue weighted by molar-refractivity contribution is 4.76. The zero-order valence-electron chi connectivity index (χ0n) is 7.23. The van der Waals surface area contributed by atoms with Gasteiger partial charge in [0.2, 0.25) is 0 Å². The summed E-state index contributed by atoms with van der Waals surface area (Å²) in [5, 5.41) is 4.21. The number of aryl methyl sites for hydroxylation is 1. The van der Waals surface area contributed by atoms with E-state index in [2.05, 4.69) is 10.1 Å². The van der Waals surface area contributed by atoms with Gasteiger partial charge in [-0.2, -0.15) is 5.10 Å². The fraction of sp³-hybridized carbons (Fsp3) is 0.750. The van der Waals surface area contributed by atoms with Gasteiger partial charge in [0, 0.05) is 6.61 Å². The maximum atomic E-state index is 5.54. The van der Waals surface area contributed by atoms with Crippen LogP contribution in [0.4, 0.5) is 0 Å². The van der Waals surface area contributed by atoms with Gasteiger partial charge in [0.25, 0.3) is 0 Å². The minimum atomic E-state index is 0.125. The second-order valence-electron chi connectivity index (χ2n) is 3.09. The molecule has 0 saturated carbocycles. The Morgan fingerprint density at radius 1 is 1.58 bits per heavy atom. The van der Waals surface area contributed by atoms with Crippen molar-refractivity contribution in [2.75, 3.05) is 6.61 Å². The minimum Gasteiger partial charge on any atom is -0.356 e. The first-order valence-corrected chi connectivity index (χ1v) is 4.35. The third-order valence-corrected chi connectivity index (χ3v) is 2.07. The van der Waals surface area contributed by atoms with Gasteiger partial charge in [-0.05, 0) is 26.2 Å². The van der Waals surface area contributed by atoms with E-state index < -0.39 is 0 Å². The summed E-state index contributed by atoms with van der Waals surface area (Å²) in [6, 6.07) is 0. The summed E-state index contributed by atoms with van der Waals surface area (Å²) >= 11 is 0. The van der Waals surface area contributed by atoms with Crippen LogP contribution in [0.15, 0.2) is 6.33 Å². The fourth-order valence-corrected chi connectivity index (χ4v) is 1.43. The van der Waals surface area contributed by atoms with Gasteiger partial charge < -0.3 is 4.74 Å². The van der Waals surface area contributed by atoms with Crippen LogP contribution in [-0.2, 0) is 4.74 Å². The lowest BCUT2D eigenvalue weighted by molar-refractivity contribution is -0.0398. The summed E-state index contributed by atoms with van der Waals surface area (Å²) in [5.74, 6) is 0.809. The number of hydrogen-bond acceptors (Lipinski definition) is 3. The Balaban J connectivity index is 2.08. The Kier molecular flexibility index (Phi) is 2.08. The topological polar surface area (TPSA) is 39.9 Å². The van der Waals surface area contributed by atoms with E-state index >= 15 is 0 Å². The molecule has 4 nitrogen and oxygen atoms in total. The minimum absolute atomic E-state index is 0.125. The molecule has 1 aliphatic heterocycles. The van der Waals surface area contributed by atoms with Crippen LogP contribution in [0, 0.1) is 6.92 Å². The molecular formula is C8H13N3O. The Morgan fingerprint density at radius 2 is 2.50 bits per heavy atom.